The molecule has 2 aromatic rings. The highest BCUT2D eigenvalue weighted by Crippen LogP contribution is 2.43. The predicted octanol–water partition coefficient (Wildman–Crippen LogP) is 4.47. The summed E-state index contributed by atoms with van der Waals surface area (Å²) < 4.78 is 11.4. The molecule has 1 aliphatic carbocycles. The minimum Gasteiger partial charge on any atom is -0.497 e. The van der Waals surface area contributed by atoms with E-state index >= 15 is 0 Å². The first-order valence-corrected chi connectivity index (χ1v) is 10.3. The summed E-state index contributed by atoms with van der Waals surface area (Å²) in [4.78, 5) is 25.6. The fourth-order valence-electron chi connectivity index (χ4n) is 4.28. The van der Waals surface area contributed by atoms with Crippen LogP contribution in [0, 0.1) is 0 Å². The van der Waals surface area contributed by atoms with E-state index in [0.29, 0.717) is 12.8 Å². The first kappa shape index (κ1) is 19.7. The number of halogens is 1. The Hall–Kier alpha value is -2.60. The SMILES string of the molecule is COc1cccc(C2CC(=O)C3=C(C2)NC(=O)CC3c2ccc(OC)c(Br)c2)c1. The van der Waals surface area contributed by atoms with Gasteiger partial charge in [0.15, 0.2) is 5.78 Å². The number of ketones is 1. The van der Waals surface area contributed by atoms with Crippen LogP contribution in [0.2, 0.25) is 0 Å². The topological polar surface area (TPSA) is 64.6 Å². The van der Waals surface area contributed by atoms with Gasteiger partial charge in [0.25, 0.3) is 0 Å². The average Bonchev–Trinajstić information content (AvgIpc) is 2.72. The molecule has 2 aromatic carbocycles. The van der Waals surface area contributed by atoms with Crippen molar-refractivity contribution in [2.24, 2.45) is 0 Å². The molecule has 6 heteroatoms. The van der Waals surface area contributed by atoms with E-state index in [4.69, 9.17) is 9.47 Å². The standard InChI is InChI=1S/C23H22BrNO4/c1-28-16-5-3-4-13(8-16)15-10-19-23(20(26)11-15)17(12-22(27)25-19)14-6-7-21(29-2)18(24)9-14/h3-9,15,17H,10-12H2,1-2H3,(H,25,27). The number of ether oxygens (including phenoxy) is 2. The molecule has 0 radical (unpaired) electrons. The van der Waals surface area contributed by atoms with Crippen molar-refractivity contribution in [2.45, 2.75) is 31.1 Å². The summed E-state index contributed by atoms with van der Waals surface area (Å²) in [6.45, 7) is 0. The summed E-state index contributed by atoms with van der Waals surface area (Å²) in [7, 11) is 3.24. The van der Waals surface area contributed by atoms with Crippen molar-refractivity contribution in [3.8, 4) is 11.5 Å². The average molecular weight is 456 g/mol. The summed E-state index contributed by atoms with van der Waals surface area (Å²) in [5.74, 6) is 1.31. The molecule has 1 heterocycles. The second kappa shape index (κ2) is 8.03. The normalized spacial score (nSPS) is 21.5. The largest absolute Gasteiger partial charge is 0.497 e. The molecule has 5 nitrogen and oxygen atoms in total. The molecule has 2 aliphatic rings. The highest BCUT2D eigenvalue weighted by atomic mass is 79.9. The second-order valence-electron chi connectivity index (χ2n) is 7.40. The number of allylic oxidation sites excluding steroid dienone is 2. The number of Topliss-reactive ketones (excluding diaryl/α,β-unsaturated/α-hetero) is 1. The predicted molar refractivity (Wildman–Crippen MR) is 113 cm³/mol. The number of carbonyl (C=O) groups excluding carboxylic acids is 2. The molecule has 0 bridgehead atoms. The van der Waals surface area contributed by atoms with E-state index in [-0.39, 0.29) is 29.9 Å². The van der Waals surface area contributed by atoms with Crippen LogP contribution in [0.1, 0.15) is 42.2 Å². The number of hydrogen-bond acceptors (Lipinski definition) is 4. The summed E-state index contributed by atoms with van der Waals surface area (Å²) in [6.07, 6.45) is 1.33. The summed E-state index contributed by atoms with van der Waals surface area (Å²) in [5.41, 5.74) is 3.48. The number of methoxy groups -OCH3 is 2. The molecule has 29 heavy (non-hydrogen) atoms. The molecular weight excluding hydrogens is 434 g/mol. The molecule has 0 aromatic heterocycles. The summed E-state index contributed by atoms with van der Waals surface area (Å²) in [5, 5.41) is 2.97. The van der Waals surface area contributed by atoms with Crippen LogP contribution >= 0.6 is 15.9 Å². The fourth-order valence-corrected chi connectivity index (χ4v) is 4.83. The van der Waals surface area contributed by atoms with Crippen LogP contribution in [0.25, 0.3) is 0 Å². The van der Waals surface area contributed by atoms with Gasteiger partial charge in [0.05, 0.1) is 18.7 Å². The zero-order chi connectivity index (χ0) is 20.5. The molecule has 0 saturated heterocycles. The van der Waals surface area contributed by atoms with Crippen LogP contribution in [-0.2, 0) is 9.59 Å². The van der Waals surface area contributed by atoms with Crippen LogP contribution in [-0.4, -0.2) is 25.9 Å². The Morgan fingerprint density at radius 2 is 1.79 bits per heavy atom. The lowest BCUT2D eigenvalue weighted by Gasteiger charge is -2.34. The number of benzene rings is 2. The van der Waals surface area contributed by atoms with Crippen molar-refractivity contribution >= 4 is 27.6 Å². The van der Waals surface area contributed by atoms with Crippen LogP contribution in [0.4, 0.5) is 0 Å². The third kappa shape index (κ3) is 3.81. The number of rotatable bonds is 4. The molecule has 1 aliphatic heterocycles. The lowest BCUT2D eigenvalue weighted by molar-refractivity contribution is -0.122. The van der Waals surface area contributed by atoms with Gasteiger partial charge in [-0.3, -0.25) is 9.59 Å². The van der Waals surface area contributed by atoms with Gasteiger partial charge in [-0.15, -0.1) is 0 Å². The molecule has 150 valence electrons. The zero-order valence-corrected chi connectivity index (χ0v) is 17.9. The van der Waals surface area contributed by atoms with Gasteiger partial charge in [-0.2, -0.15) is 0 Å². The van der Waals surface area contributed by atoms with E-state index < -0.39 is 0 Å². The monoisotopic (exact) mass is 455 g/mol. The lowest BCUT2D eigenvalue weighted by atomic mass is 9.73. The van der Waals surface area contributed by atoms with E-state index in [1.165, 1.54) is 0 Å². The van der Waals surface area contributed by atoms with Crippen LogP contribution in [0.3, 0.4) is 0 Å². The number of carbonyl (C=O) groups is 2. The molecule has 4 rings (SSSR count). The Kier molecular flexibility index (Phi) is 5.46. The van der Waals surface area contributed by atoms with Crippen LogP contribution in [0.5, 0.6) is 11.5 Å². The van der Waals surface area contributed by atoms with E-state index in [2.05, 4.69) is 21.2 Å². The number of hydrogen-bond donors (Lipinski definition) is 1. The molecule has 1 N–H and O–H groups in total. The second-order valence-corrected chi connectivity index (χ2v) is 8.25. The highest BCUT2D eigenvalue weighted by Gasteiger charge is 2.38. The Morgan fingerprint density at radius 3 is 2.52 bits per heavy atom. The van der Waals surface area contributed by atoms with Crippen molar-refractivity contribution in [3.63, 3.8) is 0 Å². The number of amides is 1. The van der Waals surface area contributed by atoms with Gasteiger partial charge in [0.2, 0.25) is 5.91 Å². The maximum absolute atomic E-state index is 13.2. The molecule has 0 fully saturated rings. The molecule has 2 unspecified atom stereocenters. The van der Waals surface area contributed by atoms with Gasteiger partial charge < -0.3 is 14.8 Å². The van der Waals surface area contributed by atoms with Gasteiger partial charge >= 0.3 is 0 Å². The smallest absolute Gasteiger partial charge is 0.225 e. The third-order valence-electron chi connectivity index (χ3n) is 5.68. The summed E-state index contributed by atoms with van der Waals surface area (Å²) >= 11 is 3.51. The van der Waals surface area contributed by atoms with Crippen molar-refractivity contribution in [2.75, 3.05) is 14.2 Å². The first-order valence-electron chi connectivity index (χ1n) is 9.53. The third-order valence-corrected chi connectivity index (χ3v) is 6.30. The maximum atomic E-state index is 13.2. The van der Waals surface area contributed by atoms with Crippen LogP contribution < -0.4 is 14.8 Å². The zero-order valence-electron chi connectivity index (χ0n) is 16.3. The minimum absolute atomic E-state index is 0.0259. The van der Waals surface area contributed by atoms with Gasteiger partial charge in [0.1, 0.15) is 11.5 Å². The quantitative estimate of drug-likeness (QED) is 0.738. The van der Waals surface area contributed by atoms with E-state index in [1.54, 1.807) is 14.2 Å². The highest BCUT2D eigenvalue weighted by molar-refractivity contribution is 9.10. The van der Waals surface area contributed by atoms with Gasteiger partial charge in [-0.25, -0.2) is 0 Å². The summed E-state index contributed by atoms with van der Waals surface area (Å²) in [6, 6.07) is 13.5. The Bertz CT molecular complexity index is 1010. The molecule has 0 spiro atoms. The van der Waals surface area contributed by atoms with Crippen molar-refractivity contribution < 1.29 is 19.1 Å². The molecular formula is C23H22BrNO4. The first-order chi connectivity index (χ1) is 14.0. The number of nitrogens with one attached hydrogen (secondary N) is 1. The fraction of sp³-hybridized carbons (Fsp3) is 0.304. The Labute approximate surface area is 178 Å². The van der Waals surface area contributed by atoms with E-state index in [9.17, 15) is 9.59 Å². The maximum Gasteiger partial charge on any atom is 0.225 e. The van der Waals surface area contributed by atoms with E-state index in [1.807, 2.05) is 42.5 Å². The van der Waals surface area contributed by atoms with Crippen molar-refractivity contribution in [3.05, 3.63) is 69.3 Å². The Balaban J connectivity index is 1.70. The van der Waals surface area contributed by atoms with Gasteiger partial charge in [-0.1, -0.05) is 18.2 Å². The van der Waals surface area contributed by atoms with Crippen LogP contribution in [0.15, 0.2) is 58.2 Å². The van der Waals surface area contributed by atoms with E-state index in [0.717, 1.165) is 38.4 Å². The molecule has 1 amide bonds. The van der Waals surface area contributed by atoms with Gasteiger partial charge in [-0.05, 0) is 63.7 Å². The van der Waals surface area contributed by atoms with Crippen molar-refractivity contribution in [1.82, 2.24) is 5.32 Å². The molecule has 0 saturated carbocycles. The van der Waals surface area contributed by atoms with Gasteiger partial charge in [0, 0.05) is 30.0 Å². The minimum atomic E-state index is -0.236. The Morgan fingerprint density at radius 1 is 0.966 bits per heavy atom. The molecule has 2 atom stereocenters. The lowest BCUT2D eigenvalue weighted by Crippen LogP contribution is -2.38. The van der Waals surface area contributed by atoms with Crippen molar-refractivity contribution in [1.29, 1.82) is 0 Å².